The van der Waals surface area contributed by atoms with Crippen LogP contribution in [-0.4, -0.2) is 28.8 Å². The lowest BCUT2D eigenvalue weighted by molar-refractivity contribution is -0.168. The van der Waals surface area contributed by atoms with Crippen LogP contribution in [0.1, 0.15) is 40.5 Å². The first-order chi connectivity index (χ1) is 6.64. The van der Waals surface area contributed by atoms with Crippen LogP contribution in [0.25, 0.3) is 0 Å². The van der Waals surface area contributed by atoms with Crippen molar-refractivity contribution in [1.82, 2.24) is 0 Å². The van der Waals surface area contributed by atoms with Crippen molar-refractivity contribution >= 4 is 5.97 Å². The van der Waals surface area contributed by atoms with Gasteiger partial charge in [0, 0.05) is 0 Å². The van der Waals surface area contributed by atoms with Gasteiger partial charge in [-0.1, -0.05) is 0 Å². The van der Waals surface area contributed by atoms with E-state index in [4.69, 9.17) is 15.2 Å². The number of esters is 1. The molecule has 0 aromatic heterocycles. The van der Waals surface area contributed by atoms with E-state index in [0.717, 1.165) is 12.8 Å². The average Bonchev–Trinajstić information content (AvgIpc) is 2.30. The van der Waals surface area contributed by atoms with Crippen molar-refractivity contribution < 1.29 is 14.3 Å². The quantitative estimate of drug-likeness (QED) is 0.659. The molecule has 3 aliphatic rings. The number of ether oxygens (including phenoxy) is 2. The van der Waals surface area contributed by atoms with Crippen LogP contribution < -0.4 is 5.73 Å². The Hall–Kier alpha value is -0.610. The summed E-state index contributed by atoms with van der Waals surface area (Å²) in [6.07, 6.45) is 0.926. The molecule has 2 N–H and O–H groups in total. The molecule has 0 radical (unpaired) electrons. The fourth-order valence-electron chi connectivity index (χ4n) is 2.65. The number of carbonyl (C=O) groups excluding carboxylic acids is 1. The van der Waals surface area contributed by atoms with Crippen LogP contribution in [0.3, 0.4) is 0 Å². The lowest BCUT2D eigenvalue weighted by Gasteiger charge is -2.39. The van der Waals surface area contributed by atoms with Crippen LogP contribution in [0.15, 0.2) is 0 Å². The highest BCUT2D eigenvalue weighted by molar-refractivity contribution is 5.78. The first-order valence-electron chi connectivity index (χ1n) is 5.33. The summed E-state index contributed by atoms with van der Waals surface area (Å²) in [4.78, 5) is 11.8. The lowest BCUT2D eigenvalue weighted by Crippen LogP contribution is -2.58. The van der Waals surface area contributed by atoms with Gasteiger partial charge in [0.2, 0.25) is 0 Å². The van der Waals surface area contributed by atoms with E-state index in [1.165, 1.54) is 0 Å². The van der Waals surface area contributed by atoms with E-state index in [1.54, 1.807) is 0 Å². The third-order valence-corrected chi connectivity index (χ3v) is 2.95. The first kappa shape index (κ1) is 10.9. The van der Waals surface area contributed by atoms with Gasteiger partial charge in [0.25, 0.3) is 0 Å². The van der Waals surface area contributed by atoms with Crippen molar-refractivity contribution in [2.75, 3.05) is 0 Å². The molecule has 2 bridgehead atoms. The molecule has 0 amide bonds. The van der Waals surface area contributed by atoms with Gasteiger partial charge >= 0.3 is 5.97 Å². The molecule has 1 atom stereocenters. The zero-order chi connectivity index (χ0) is 11.5. The van der Waals surface area contributed by atoms with E-state index in [1.807, 2.05) is 27.7 Å². The second-order valence-electron chi connectivity index (χ2n) is 6.07. The Morgan fingerprint density at radius 1 is 1.47 bits per heavy atom. The van der Waals surface area contributed by atoms with E-state index in [-0.39, 0.29) is 11.6 Å². The van der Waals surface area contributed by atoms with Gasteiger partial charge in [0.05, 0.1) is 11.1 Å². The summed E-state index contributed by atoms with van der Waals surface area (Å²) < 4.78 is 10.9. The molecule has 3 rings (SSSR count). The zero-order valence-electron chi connectivity index (χ0n) is 9.79. The van der Waals surface area contributed by atoms with Crippen LogP contribution in [0.5, 0.6) is 0 Å². The number of hydrogen-bond acceptors (Lipinski definition) is 4. The summed E-state index contributed by atoms with van der Waals surface area (Å²) in [6, 6.07) is 0. The Morgan fingerprint density at radius 3 is 2.33 bits per heavy atom. The Morgan fingerprint density at radius 2 is 2.00 bits per heavy atom. The van der Waals surface area contributed by atoms with Crippen molar-refractivity contribution in [2.45, 2.75) is 63.4 Å². The Balaban J connectivity index is 2.05. The van der Waals surface area contributed by atoms with E-state index < -0.39 is 17.2 Å². The molecular weight excluding hydrogens is 194 g/mol. The molecule has 2 saturated heterocycles. The highest BCUT2D eigenvalue weighted by Gasteiger charge is 2.66. The number of rotatable bonds is 1. The molecule has 0 aromatic rings. The van der Waals surface area contributed by atoms with Crippen LogP contribution in [0, 0.1) is 0 Å². The maximum Gasteiger partial charge on any atom is 0.337 e. The number of hydrogen-bond donors (Lipinski definition) is 1. The zero-order valence-corrected chi connectivity index (χ0v) is 9.79. The fourth-order valence-corrected chi connectivity index (χ4v) is 2.65. The highest BCUT2D eigenvalue weighted by Crippen LogP contribution is 2.53. The van der Waals surface area contributed by atoms with Gasteiger partial charge in [0.15, 0.2) is 6.10 Å². The minimum atomic E-state index is -0.582. The highest BCUT2D eigenvalue weighted by atomic mass is 16.6. The summed E-state index contributed by atoms with van der Waals surface area (Å²) in [5, 5.41) is 0. The maximum absolute atomic E-state index is 11.8. The summed E-state index contributed by atoms with van der Waals surface area (Å²) in [6.45, 7) is 7.52. The Kier molecular flexibility index (Phi) is 1.99. The maximum atomic E-state index is 11.8. The summed E-state index contributed by atoms with van der Waals surface area (Å²) in [5.74, 6) is -0.328. The Bertz CT molecular complexity index is 299. The van der Waals surface area contributed by atoms with Crippen LogP contribution in [0.4, 0.5) is 0 Å². The molecule has 0 aromatic carbocycles. The predicted octanol–water partition coefficient (Wildman–Crippen LogP) is 0.977. The smallest absolute Gasteiger partial charge is 0.337 e. The second-order valence-corrected chi connectivity index (χ2v) is 6.07. The van der Waals surface area contributed by atoms with Gasteiger partial charge in [-0.3, -0.25) is 0 Å². The van der Waals surface area contributed by atoms with Crippen molar-refractivity contribution in [3.63, 3.8) is 0 Å². The average molecular weight is 213 g/mol. The topological polar surface area (TPSA) is 61.5 Å². The summed E-state index contributed by atoms with van der Waals surface area (Å²) in [5.41, 5.74) is 4.90. The summed E-state index contributed by atoms with van der Waals surface area (Å²) >= 11 is 0. The van der Waals surface area contributed by atoms with E-state index in [9.17, 15) is 4.79 Å². The monoisotopic (exact) mass is 213 g/mol. The molecule has 3 fully saturated rings. The molecule has 4 nitrogen and oxygen atoms in total. The molecule has 1 aliphatic carbocycles. The van der Waals surface area contributed by atoms with Crippen LogP contribution in [-0.2, 0) is 14.3 Å². The van der Waals surface area contributed by atoms with Crippen molar-refractivity contribution in [3.05, 3.63) is 0 Å². The number of nitrogens with two attached hydrogens (primary N) is 1. The molecule has 86 valence electrons. The van der Waals surface area contributed by atoms with Gasteiger partial charge in [-0.05, 0) is 40.5 Å². The first-order valence-corrected chi connectivity index (χ1v) is 5.33. The molecule has 1 saturated carbocycles. The van der Waals surface area contributed by atoms with Crippen molar-refractivity contribution in [2.24, 2.45) is 5.73 Å². The molecule has 15 heavy (non-hydrogen) atoms. The SMILES string of the molecule is CC(C)(C)OC(=O)C1OC2(C)CC1(N)C2. The normalized spacial score (nSPS) is 43.7. The van der Waals surface area contributed by atoms with E-state index >= 15 is 0 Å². The third-order valence-electron chi connectivity index (χ3n) is 2.95. The van der Waals surface area contributed by atoms with Crippen molar-refractivity contribution in [1.29, 1.82) is 0 Å². The van der Waals surface area contributed by atoms with E-state index in [2.05, 4.69) is 0 Å². The number of fused-ring (bicyclic) bond motifs is 1. The van der Waals surface area contributed by atoms with E-state index in [0.29, 0.717) is 0 Å². The fraction of sp³-hybridized carbons (Fsp3) is 0.909. The van der Waals surface area contributed by atoms with Gasteiger partial charge in [-0.2, -0.15) is 0 Å². The van der Waals surface area contributed by atoms with Crippen LogP contribution in [0.2, 0.25) is 0 Å². The molecular formula is C11H19NO3. The third kappa shape index (κ3) is 1.76. The number of carbonyl (C=O) groups is 1. The van der Waals surface area contributed by atoms with Crippen LogP contribution >= 0.6 is 0 Å². The largest absolute Gasteiger partial charge is 0.458 e. The molecule has 2 heterocycles. The summed E-state index contributed by atoms with van der Waals surface area (Å²) in [7, 11) is 0. The Labute approximate surface area is 90.1 Å². The second kappa shape index (κ2) is 2.74. The minimum Gasteiger partial charge on any atom is -0.458 e. The van der Waals surface area contributed by atoms with Gasteiger partial charge < -0.3 is 15.2 Å². The standard InChI is InChI=1S/C11H19NO3/c1-9(2,3)15-8(13)7-11(12)5-10(4,6-11)14-7/h7H,5-6,12H2,1-4H3. The molecule has 2 aliphatic heterocycles. The molecule has 4 heteroatoms. The minimum absolute atomic E-state index is 0.198. The predicted molar refractivity (Wildman–Crippen MR) is 55.3 cm³/mol. The van der Waals surface area contributed by atoms with Gasteiger partial charge in [-0.15, -0.1) is 0 Å². The molecule has 0 spiro atoms. The lowest BCUT2D eigenvalue weighted by atomic mass is 9.68. The van der Waals surface area contributed by atoms with Gasteiger partial charge in [0.1, 0.15) is 5.60 Å². The van der Waals surface area contributed by atoms with Gasteiger partial charge in [-0.25, -0.2) is 4.79 Å². The molecule has 1 unspecified atom stereocenters. The van der Waals surface area contributed by atoms with Crippen molar-refractivity contribution in [3.8, 4) is 0 Å².